The van der Waals surface area contributed by atoms with Crippen molar-refractivity contribution in [2.75, 3.05) is 0 Å². The van der Waals surface area contributed by atoms with Crippen LogP contribution in [0.15, 0.2) is 42.6 Å². The summed E-state index contributed by atoms with van der Waals surface area (Å²) in [6, 6.07) is 10.8. The first-order valence-corrected chi connectivity index (χ1v) is 9.73. The van der Waals surface area contributed by atoms with Crippen molar-refractivity contribution in [1.82, 2.24) is 4.57 Å². The van der Waals surface area contributed by atoms with Crippen LogP contribution in [0.5, 0.6) is 0 Å². The number of fused-ring (bicyclic) bond motifs is 1. The fraction of sp³-hybridized carbons (Fsp3) is 0.318. The maximum Gasteiger partial charge on any atom is 0.221 e. The number of carbonyl (C=O) groups is 1. The monoisotopic (exact) mass is 386 g/mol. The van der Waals surface area contributed by atoms with Crippen molar-refractivity contribution in [3.63, 3.8) is 0 Å². The van der Waals surface area contributed by atoms with Gasteiger partial charge in [-0.3, -0.25) is 4.79 Å². The van der Waals surface area contributed by atoms with Crippen LogP contribution in [0.2, 0.25) is 5.02 Å². The Morgan fingerprint density at radius 3 is 2.56 bits per heavy atom. The summed E-state index contributed by atoms with van der Waals surface area (Å²) in [5, 5.41) is 1.10. The van der Waals surface area contributed by atoms with Gasteiger partial charge in [0.15, 0.2) is 0 Å². The molecule has 0 atom stereocenters. The Labute approximate surface area is 163 Å². The van der Waals surface area contributed by atoms with Crippen LogP contribution in [-0.2, 0) is 17.8 Å². The Balaban J connectivity index is 1.99. The smallest absolute Gasteiger partial charge is 0.221 e. The third-order valence-electron chi connectivity index (χ3n) is 4.83. The number of primary amides is 1. The van der Waals surface area contributed by atoms with Gasteiger partial charge in [-0.1, -0.05) is 49.9 Å². The number of nitrogens with two attached hydrogens (primary N) is 1. The number of halogens is 2. The van der Waals surface area contributed by atoms with Crippen molar-refractivity contribution < 1.29 is 9.18 Å². The van der Waals surface area contributed by atoms with Crippen LogP contribution in [0.1, 0.15) is 38.2 Å². The zero-order valence-electron chi connectivity index (χ0n) is 15.5. The van der Waals surface area contributed by atoms with Crippen molar-refractivity contribution >= 4 is 28.4 Å². The Kier molecular flexibility index (Phi) is 6.17. The van der Waals surface area contributed by atoms with Crippen LogP contribution >= 0.6 is 11.6 Å². The molecule has 0 radical (unpaired) electrons. The van der Waals surface area contributed by atoms with Gasteiger partial charge in [0.25, 0.3) is 0 Å². The van der Waals surface area contributed by atoms with E-state index in [9.17, 15) is 9.18 Å². The molecule has 3 rings (SSSR count). The van der Waals surface area contributed by atoms with Crippen LogP contribution in [-0.4, -0.2) is 10.5 Å². The predicted molar refractivity (Wildman–Crippen MR) is 109 cm³/mol. The molecule has 3 nitrogen and oxygen atoms in total. The van der Waals surface area contributed by atoms with Gasteiger partial charge < -0.3 is 10.3 Å². The topological polar surface area (TPSA) is 48.0 Å². The fourth-order valence-electron chi connectivity index (χ4n) is 3.45. The molecule has 0 aliphatic heterocycles. The Morgan fingerprint density at radius 1 is 1.11 bits per heavy atom. The molecule has 0 saturated heterocycles. The summed E-state index contributed by atoms with van der Waals surface area (Å²) >= 11 is 5.93. The first-order valence-electron chi connectivity index (χ1n) is 9.35. The summed E-state index contributed by atoms with van der Waals surface area (Å²) in [5.74, 6) is -0.788. The number of carbonyl (C=O) groups excluding carboxylic acids is 1. The van der Waals surface area contributed by atoms with E-state index in [1.165, 1.54) is 25.3 Å². The first kappa shape index (κ1) is 19.4. The molecular formula is C22H24ClFN2O. The lowest BCUT2D eigenvalue weighted by Gasteiger charge is -2.07. The van der Waals surface area contributed by atoms with E-state index >= 15 is 0 Å². The predicted octanol–water partition coefficient (Wildman–Crippen LogP) is 5.71. The molecule has 0 spiro atoms. The Morgan fingerprint density at radius 2 is 1.85 bits per heavy atom. The average Bonchev–Trinajstić information content (AvgIpc) is 2.97. The third-order valence-corrected chi connectivity index (χ3v) is 5.12. The maximum absolute atomic E-state index is 13.5. The number of aromatic nitrogens is 1. The van der Waals surface area contributed by atoms with Gasteiger partial charge in [0.2, 0.25) is 5.91 Å². The van der Waals surface area contributed by atoms with Crippen molar-refractivity contribution in [2.24, 2.45) is 5.73 Å². The number of aryl methyl sites for hydroxylation is 1. The minimum Gasteiger partial charge on any atom is -0.369 e. The molecule has 1 aromatic heterocycles. The second kappa shape index (κ2) is 8.57. The van der Waals surface area contributed by atoms with E-state index in [0.717, 1.165) is 40.6 Å². The van der Waals surface area contributed by atoms with E-state index in [0.29, 0.717) is 0 Å². The summed E-state index contributed by atoms with van der Waals surface area (Å²) < 4.78 is 15.7. The van der Waals surface area contributed by atoms with E-state index in [-0.39, 0.29) is 17.4 Å². The lowest BCUT2D eigenvalue weighted by molar-refractivity contribution is -0.117. The molecule has 0 saturated carbocycles. The molecular weight excluding hydrogens is 363 g/mol. The minimum atomic E-state index is -0.436. The fourth-order valence-corrected chi connectivity index (χ4v) is 3.63. The molecule has 0 bridgehead atoms. The molecule has 3 aromatic rings. The van der Waals surface area contributed by atoms with Crippen molar-refractivity contribution in [3.05, 3.63) is 59.0 Å². The molecule has 142 valence electrons. The Bertz CT molecular complexity index is 964. The highest BCUT2D eigenvalue weighted by Gasteiger charge is 2.12. The van der Waals surface area contributed by atoms with Gasteiger partial charge in [-0.15, -0.1) is 0 Å². The number of amides is 1. The molecule has 1 heterocycles. The van der Waals surface area contributed by atoms with Crippen molar-refractivity contribution in [3.8, 4) is 11.1 Å². The zero-order valence-corrected chi connectivity index (χ0v) is 16.2. The number of benzene rings is 2. The molecule has 0 fully saturated rings. The maximum atomic E-state index is 13.5. The summed E-state index contributed by atoms with van der Waals surface area (Å²) in [7, 11) is 0. The standard InChI is InChI=1S/C22H24ClFN2O/c1-2-3-4-5-10-26-14-17(13-22(25)27)18-11-15(7-9-21(18)26)16-6-8-20(24)19(23)12-16/h6-9,11-12,14H,2-5,10,13H2,1H3,(H2,25,27). The number of hydrogen-bond donors (Lipinski definition) is 1. The van der Waals surface area contributed by atoms with E-state index in [4.69, 9.17) is 17.3 Å². The van der Waals surface area contributed by atoms with Gasteiger partial charge in [0.05, 0.1) is 11.4 Å². The lowest BCUT2D eigenvalue weighted by atomic mass is 10.0. The summed E-state index contributed by atoms with van der Waals surface area (Å²) in [5.41, 5.74) is 9.21. The molecule has 2 N–H and O–H groups in total. The van der Waals surface area contributed by atoms with Crippen LogP contribution in [0, 0.1) is 5.82 Å². The first-order chi connectivity index (χ1) is 13.0. The quantitative estimate of drug-likeness (QED) is 0.495. The van der Waals surface area contributed by atoms with Gasteiger partial charge in [0.1, 0.15) is 5.82 Å². The number of unbranched alkanes of at least 4 members (excludes halogenated alkanes) is 3. The Hall–Kier alpha value is -2.33. The molecule has 2 aromatic carbocycles. The molecule has 0 aliphatic rings. The number of rotatable bonds is 8. The van der Waals surface area contributed by atoms with E-state index in [1.807, 2.05) is 24.4 Å². The van der Waals surface area contributed by atoms with Crippen LogP contribution in [0.25, 0.3) is 22.0 Å². The third kappa shape index (κ3) is 4.51. The number of hydrogen-bond acceptors (Lipinski definition) is 1. The van der Waals surface area contributed by atoms with Gasteiger partial charge in [0, 0.05) is 23.6 Å². The highest BCUT2D eigenvalue weighted by Crippen LogP contribution is 2.30. The molecule has 0 aliphatic carbocycles. The molecule has 1 amide bonds. The second-order valence-corrected chi connectivity index (χ2v) is 7.32. The van der Waals surface area contributed by atoms with Crippen LogP contribution in [0.4, 0.5) is 4.39 Å². The largest absolute Gasteiger partial charge is 0.369 e. The van der Waals surface area contributed by atoms with Gasteiger partial charge in [-0.05, 0) is 47.4 Å². The molecule has 0 unspecified atom stereocenters. The summed E-state index contributed by atoms with van der Waals surface area (Å²) in [6.45, 7) is 3.11. The van der Waals surface area contributed by atoms with Crippen molar-refractivity contribution in [2.45, 2.75) is 45.6 Å². The summed E-state index contributed by atoms with van der Waals surface area (Å²) in [4.78, 5) is 11.5. The molecule has 5 heteroatoms. The molecule has 27 heavy (non-hydrogen) atoms. The SMILES string of the molecule is CCCCCCn1cc(CC(N)=O)c2cc(-c3ccc(F)c(Cl)c3)ccc21. The average molecular weight is 387 g/mol. The van der Waals surface area contributed by atoms with Crippen LogP contribution < -0.4 is 5.73 Å². The second-order valence-electron chi connectivity index (χ2n) is 6.91. The summed E-state index contributed by atoms with van der Waals surface area (Å²) in [6.07, 6.45) is 6.94. The highest BCUT2D eigenvalue weighted by atomic mass is 35.5. The number of nitrogens with zero attached hydrogens (tertiary/aromatic N) is 1. The van der Waals surface area contributed by atoms with E-state index in [2.05, 4.69) is 11.5 Å². The van der Waals surface area contributed by atoms with Crippen molar-refractivity contribution in [1.29, 1.82) is 0 Å². The van der Waals surface area contributed by atoms with Gasteiger partial charge in [-0.2, -0.15) is 0 Å². The van der Waals surface area contributed by atoms with Gasteiger partial charge in [-0.25, -0.2) is 4.39 Å². The zero-order chi connectivity index (χ0) is 19.4. The van der Waals surface area contributed by atoms with Gasteiger partial charge >= 0.3 is 0 Å². The van der Waals surface area contributed by atoms with Crippen LogP contribution in [0.3, 0.4) is 0 Å². The normalized spacial score (nSPS) is 11.2. The lowest BCUT2D eigenvalue weighted by Crippen LogP contribution is -2.13. The minimum absolute atomic E-state index is 0.0958. The highest BCUT2D eigenvalue weighted by molar-refractivity contribution is 6.31. The van der Waals surface area contributed by atoms with E-state index < -0.39 is 5.82 Å². The van der Waals surface area contributed by atoms with E-state index in [1.54, 1.807) is 12.1 Å².